The van der Waals surface area contributed by atoms with Gasteiger partial charge in [0.25, 0.3) is 0 Å². The minimum atomic E-state index is -1.71. The van der Waals surface area contributed by atoms with Gasteiger partial charge in [-0.1, -0.05) is 72.8 Å². The first-order valence-corrected chi connectivity index (χ1v) is 30.6. The van der Waals surface area contributed by atoms with Crippen LogP contribution in [-0.4, -0.2) is 72.5 Å². The van der Waals surface area contributed by atoms with E-state index >= 15 is 4.79 Å². The van der Waals surface area contributed by atoms with Crippen molar-refractivity contribution in [1.82, 2.24) is 0 Å². The van der Waals surface area contributed by atoms with Crippen molar-refractivity contribution >= 4 is 115 Å². The van der Waals surface area contributed by atoms with E-state index in [1.807, 2.05) is 24.3 Å². The maximum absolute atomic E-state index is 15.9. The molecule has 4 saturated heterocycles. The molecule has 8 nitrogen and oxygen atoms in total. The lowest BCUT2D eigenvalue weighted by molar-refractivity contribution is 0.0348. The molecular weight excluding hydrogens is 1230 g/mol. The van der Waals surface area contributed by atoms with Crippen LogP contribution in [0.15, 0.2) is 163 Å². The first-order chi connectivity index (χ1) is 38.1. The molecule has 12 rings (SSSR count). The number of esters is 1. The summed E-state index contributed by atoms with van der Waals surface area (Å²) in [6.07, 6.45) is 9.38. The fourth-order valence-corrected chi connectivity index (χ4v) is 15.2. The van der Waals surface area contributed by atoms with Crippen LogP contribution in [0.3, 0.4) is 0 Å². The Morgan fingerprint density at radius 1 is 0.385 bits per heavy atom. The summed E-state index contributed by atoms with van der Waals surface area (Å²) in [4.78, 5) is 25.8. The highest BCUT2D eigenvalue weighted by Crippen LogP contribution is 2.63. The molecule has 12 heteroatoms. The van der Waals surface area contributed by atoms with Gasteiger partial charge >= 0.3 is 5.97 Å². The molecule has 398 valence electrons. The zero-order valence-corrected chi connectivity index (χ0v) is 50.4. The maximum Gasteiger partial charge on any atom is 0.341 e. The van der Waals surface area contributed by atoms with Gasteiger partial charge in [0.1, 0.15) is 11.5 Å². The van der Waals surface area contributed by atoms with E-state index in [0.717, 1.165) is 113 Å². The highest BCUT2D eigenvalue weighted by Gasteiger charge is 2.57. The lowest BCUT2D eigenvalue weighted by Crippen LogP contribution is -2.33. The summed E-state index contributed by atoms with van der Waals surface area (Å²) in [5.74, 6) is 0.950. The second-order valence-electron chi connectivity index (χ2n) is 21.0. The number of ether oxygens (including phenoxy) is 3. The van der Waals surface area contributed by atoms with Crippen LogP contribution in [-0.2, 0) is 10.3 Å². The Bertz CT molecular complexity index is 3090. The number of nitrogens with zero attached hydrogens (tertiary/aromatic N) is 4. The average Bonchev–Trinajstić information content (AvgIpc) is 4.05. The van der Waals surface area contributed by atoms with Crippen molar-refractivity contribution in [3.63, 3.8) is 0 Å². The Morgan fingerprint density at radius 3 is 0.936 bits per heavy atom. The van der Waals surface area contributed by atoms with Crippen LogP contribution in [0.25, 0.3) is 22.3 Å². The molecule has 0 unspecified atom stereocenters. The van der Waals surface area contributed by atoms with E-state index in [9.17, 15) is 0 Å². The van der Waals surface area contributed by atoms with Crippen molar-refractivity contribution in [3.05, 3.63) is 208 Å². The van der Waals surface area contributed by atoms with Gasteiger partial charge < -0.3 is 33.8 Å². The van der Waals surface area contributed by atoms with E-state index in [-0.39, 0.29) is 0 Å². The van der Waals surface area contributed by atoms with Crippen LogP contribution in [0, 0.1) is 0 Å². The molecule has 5 aliphatic rings. The molecule has 7 aromatic rings. The third kappa shape index (κ3) is 9.80. The number of cyclic esters (lactones) is 1. The second kappa shape index (κ2) is 22.8. The summed E-state index contributed by atoms with van der Waals surface area (Å²) in [7, 11) is 3.39. The molecule has 0 N–H and O–H groups in total. The van der Waals surface area contributed by atoms with Crippen molar-refractivity contribution < 1.29 is 19.0 Å². The number of methoxy groups -OCH3 is 2. The molecule has 0 saturated carbocycles. The Balaban J connectivity index is 1.28. The van der Waals surface area contributed by atoms with Crippen LogP contribution in [0.1, 0.15) is 101 Å². The summed E-state index contributed by atoms with van der Waals surface area (Å²) in [5, 5.41) is 0. The van der Waals surface area contributed by atoms with Crippen molar-refractivity contribution in [1.29, 1.82) is 0 Å². The quantitative estimate of drug-likeness (QED) is 0.0462. The Hall–Kier alpha value is -5.79. The Labute approximate surface area is 492 Å². The smallest absolute Gasteiger partial charge is 0.341 e. The summed E-state index contributed by atoms with van der Waals surface area (Å²) in [6.45, 7) is 8.20. The minimum Gasteiger partial charge on any atom is -0.497 e. The van der Waals surface area contributed by atoms with Crippen LogP contribution in [0.4, 0.5) is 22.7 Å². The van der Waals surface area contributed by atoms with E-state index in [0.29, 0.717) is 36.0 Å². The van der Waals surface area contributed by atoms with Gasteiger partial charge in [0.15, 0.2) is 5.60 Å². The van der Waals surface area contributed by atoms with E-state index in [2.05, 4.69) is 205 Å². The van der Waals surface area contributed by atoms with Crippen LogP contribution < -0.4 is 29.1 Å². The third-order valence-electron chi connectivity index (χ3n) is 16.5. The molecular formula is C66H62Br4N4O4. The number of fused-ring (bicyclic) bond motifs is 1. The van der Waals surface area contributed by atoms with E-state index < -0.39 is 11.6 Å². The molecule has 4 fully saturated rings. The third-order valence-corrected chi connectivity index (χ3v) is 21.3. The van der Waals surface area contributed by atoms with Crippen molar-refractivity contribution in [2.45, 2.75) is 57.0 Å². The lowest BCUT2D eigenvalue weighted by atomic mass is 9.68. The number of carbonyl (C=O) groups excluding carboxylic acids is 1. The molecule has 0 aromatic heterocycles. The second-order valence-corrected chi connectivity index (χ2v) is 24.2. The summed E-state index contributed by atoms with van der Waals surface area (Å²) >= 11 is 16.1. The topological polar surface area (TPSA) is 57.7 Å². The first kappa shape index (κ1) is 52.9. The number of carbonyl (C=O) groups is 1. The molecule has 5 aliphatic heterocycles. The Kier molecular flexibility index (Phi) is 15.4. The summed E-state index contributed by atoms with van der Waals surface area (Å²) < 4.78 is 22.3. The van der Waals surface area contributed by atoms with Gasteiger partial charge in [-0.25, -0.2) is 4.79 Å². The molecule has 0 aliphatic carbocycles. The normalized spacial score (nSPS) is 16.7. The van der Waals surface area contributed by atoms with Gasteiger partial charge in [-0.3, -0.25) is 0 Å². The van der Waals surface area contributed by atoms with Crippen LogP contribution >= 0.6 is 63.7 Å². The fourth-order valence-electron chi connectivity index (χ4n) is 12.6. The molecule has 5 heterocycles. The predicted molar refractivity (Wildman–Crippen MR) is 334 cm³/mol. The lowest BCUT2D eigenvalue weighted by Gasteiger charge is -2.39. The number of benzene rings is 7. The molecule has 0 radical (unpaired) electrons. The molecule has 0 amide bonds. The van der Waals surface area contributed by atoms with E-state index in [1.54, 1.807) is 14.2 Å². The minimum absolute atomic E-state index is 0.412. The monoisotopic (exact) mass is 1290 g/mol. The molecule has 78 heavy (non-hydrogen) atoms. The van der Waals surface area contributed by atoms with E-state index in [1.165, 1.54) is 74.1 Å². The van der Waals surface area contributed by atoms with Crippen LogP contribution in [0.2, 0.25) is 0 Å². The number of anilines is 4. The van der Waals surface area contributed by atoms with Crippen molar-refractivity contribution in [2.24, 2.45) is 0 Å². The zero-order chi connectivity index (χ0) is 53.5. The van der Waals surface area contributed by atoms with Gasteiger partial charge in [-0.05, 0) is 232 Å². The summed E-state index contributed by atoms with van der Waals surface area (Å²) in [6, 6.07) is 52.8. The van der Waals surface area contributed by atoms with Gasteiger partial charge in [0, 0.05) is 110 Å². The standard InChI is InChI=1S/C66H62Br4N4O4/c1-76-53-31-19-47(20-32-53)58(55(43-11-23-49(24-12-43)71-35-3-4-36-71)44-13-25-50(26-14-44)72-37-5-6-38-72)66(60-57(65(75)78-66)61(67)63(69)64(70)62(60)68)59(48-21-33-54(77-2)34-22-48)56(45-15-27-51(28-16-45)73-39-7-8-40-73)46-17-29-52(30-18-46)74-41-9-10-42-74/h11-34H,3-10,35-42H2,1-2H3. The predicted octanol–water partition coefficient (Wildman–Crippen LogP) is 16.8. The Morgan fingerprint density at radius 2 is 0.654 bits per heavy atom. The van der Waals surface area contributed by atoms with Gasteiger partial charge in [0.2, 0.25) is 0 Å². The molecule has 0 atom stereocenters. The van der Waals surface area contributed by atoms with Gasteiger partial charge in [0.05, 0.1) is 19.8 Å². The van der Waals surface area contributed by atoms with Gasteiger partial charge in [-0.2, -0.15) is 0 Å². The number of halogens is 4. The number of rotatable bonds is 14. The largest absolute Gasteiger partial charge is 0.497 e. The van der Waals surface area contributed by atoms with E-state index in [4.69, 9.17) is 14.2 Å². The first-order valence-electron chi connectivity index (χ1n) is 27.4. The fraction of sp³-hybridized carbons (Fsp3) is 0.288. The molecule has 7 aromatic carbocycles. The maximum atomic E-state index is 15.9. The van der Waals surface area contributed by atoms with Gasteiger partial charge in [-0.15, -0.1) is 0 Å². The molecule has 0 spiro atoms. The molecule has 0 bridgehead atoms. The number of hydrogen-bond donors (Lipinski definition) is 0. The van der Waals surface area contributed by atoms with Crippen LogP contribution in [0.5, 0.6) is 11.5 Å². The van der Waals surface area contributed by atoms with Crippen molar-refractivity contribution in [2.75, 3.05) is 86.2 Å². The average molecular weight is 1290 g/mol. The number of hydrogen-bond acceptors (Lipinski definition) is 8. The highest BCUT2D eigenvalue weighted by atomic mass is 79.9. The van der Waals surface area contributed by atoms with Crippen molar-refractivity contribution in [3.8, 4) is 11.5 Å². The SMILES string of the molecule is COc1ccc(C(=C(c2ccc(N3CCCC3)cc2)c2ccc(N3CCCC3)cc2)C2(C(=C(c3ccc(N4CCCC4)cc3)c3ccc(N4CCCC4)cc3)c3ccc(OC)cc3)OC(=O)c3c(Br)c(Br)c(Br)c(Br)c32)cc1. The zero-order valence-electron chi connectivity index (χ0n) is 44.1. The highest BCUT2D eigenvalue weighted by molar-refractivity contribution is 9.15. The summed E-state index contributed by atoms with van der Waals surface area (Å²) in [5.41, 5.74) is 13.1.